The Bertz CT molecular complexity index is 666. The van der Waals surface area contributed by atoms with Gasteiger partial charge in [0.05, 0.1) is 23.8 Å². The first-order chi connectivity index (χ1) is 9.61. The topological polar surface area (TPSA) is 73.2 Å². The van der Waals surface area contributed by atoms with Crippen molar-refractivity contribution in [3.63, 3.8) is 0 Å². The number of fused-ring (bicyclic) bond motifs is 1. The van der Waals surface area contributed by atoms with E-state index < -0.39 is 0 Å². The largest absolute Gasteiger partial charge is 0.383 e. The summed E-state index contributed by atoms with van der Waals surface area (Å²) in [5, 5.41) is 3.26. The molecule has 0 aliphatic heterocycles. The number of carbonyl (C=O) groups excluding carboxylic acids is 1. The molecule has 0 spiro atoms. The van der Waals surface area contributed by atoms with E-state index in [2.05, 4.69) is 10.3 Å². The molecule has 2 aromatic rings. The number of benzene rings is 1. The molecule has 1 heterocycles. The molecule has 0 aliphatic carbocycles. The van der Waals surface area contributed by atoms with Crippen molar-refractivity contribution in [2.75, 3.05) is 13.7 Å². The fourth-order valence-corrected chi connectivity index (χ4v) is 1.99. The molecular weight excluding hydrogens is 258 g/mol. The van der Waals surface area contributed by atoms with Crippen molar-refractivity contribution in [3.05, 3.63) is 40.9 Å². The maximum absolute atomic E-state index is 12.2. The minimum absolute atomic E-state index is 0.0509. The maximum atomic E-state index is 12.2. The van der Waals surface area contributed by atoms with E-state index >= 15 is 0 Å². The molecule has 0 bridgehead atoms. The maximum Gasteiger partial charge on any atom is 0.261 e. The lowest BCUT2D eigenvalue weighted by atomic mass is 10.2. The van der Waals surface area contributed by atoms with Crippen LogP contribution < -0.4 is 10.9 Å². The molecule has 0 saturated carbocycles. The molecule has 6 heteroatoms. The average molecular weight is 275 g/mol. The molecule has 0 saturated heterocycles. The Hall–Kier alpha value is -2.21. The van der Waals surface area contributed by atoms with Crippen LogP contribution in [0.15, 0.2) is 35.4 Å². The molecule has 1 amide bonds. The molecule has 2 rings (SSSR count). The number of nitrogens with zero attached hydrogens (tertiary/aromatic N) is 2. The predicted octanol–water partition coefficient (Wildman–Crippen LogP) is 0.548. The molecule has 20 heavy (non-hydrogen) atoms. The van der Waals surface area contributed by atoms with Gasteiger partial charge in [-0.3, -0.25) is 14.2 Å². The van der Waals surface area contributed by atoms with E-state index in [1.165, 1.54) is 10.9 Å². The first-order valence-electron chi connectivity index (χ1n) is 6.34. The number of nitrogens with one attached hydrogen (secondary N) is 1. The molecule has 6 nitrogen and oxygen atoms in total. The lowest BCUT2D eigenvalue weighted by molar-refractivity contribution is -0.122. The molecule has 0 radical (unpaired) electrons. The van der Waals surface area contributed by atoms with Crippen molar-refractivity contribution in [2.24, 2.45) is 0 Å². The van der Waals surface area contributed by atoms with Crippen LogP contribution in [0.25, 0.3) is 10.9 Å². The Labute approximate surface area is 116 Å². The summed E-state index contributed by atoms with van der Waals surface area (Å²) in [4.78, 5) is 28.2. The van der Waals surface area contributed by atoms with Crippen LogP contribution in [0.1, 0.15) is 6.92 Å². The van der Waals surface area contributed by atoms with E-state index in [1.54, 1.807) is 25.3 Å². The number of amides is 1. The van der Waals surface area contributed by atoms with Gasteiger partial charge in [0.2, 0.25) is 5.91 Å². The van der Waals surface area contributed by atoms with Crippen LogP contribution in [0.2, 0.25) is 0 Å². The third-order valence-corrected chi connectivity index (χ3v) is 2.87. The van der Waals surface area contributed by atoms with Crippen LogP contribution in [0.5, 0.6) is 0 Å². The lowest BCUT2D eigenvalue weighted by Gasteiger charge is -2.13. The number of rotatable bonds is 5. The summed E-state index contributed by atoms with van der Waals surface area (Å²) < 4.78 is 6.24. The van der Waals surface area contributed by atoms with Gasteiger partial charge in [-0.1, -0.05) is 12.1 Å². The minimum Gasteiger partial charge on any atom is -0.383 e. The van der Waals surface area contributed by atoms with Gasteiger partial charge in [0.1, 0.15) is 6.54 Å². The van der Waals surface area contributed by atoms with E-state index in [0.717, 1.165) is 0 Å². The molecular formula is C14H17N3O3. The van der Waals surface area contributed by atoms with E-state index in [9.17, 15) is 9.59 Å². The summed E-state index contributed by atoms with van der Waals surface area (Å²) in [6, 6.07) is 6.96. The van der Waals surface area contributed by atoms with Gasteiger partial charge in [-0.2, -0.15) is 0 Å². The molecule has 1 N–H and O–H groups in total. The number of ether oxygens (including phenoxy) is 1. The molecule has 106 valence electrons. The van der Waals surface area contributed by atoms with E-state index in [1.807, 2.05) is 13.0 Å². The summed E-state index contributed by atoms with van der Waals surface area (Å²) in [7, 11) is 1.57. The summed E-state index contributed by atoms with van der Waals surface area (Å²) in [5.41, 5.74) is 0.409. The number of methoxy groups -OCH3 is 1. The van der Waals surface area contributed by atoms with E-state index in [0.29, 0.717) is 17.5 Å². The third kappa shape index (κ3) is 3.21. The Morgan fingerprint density at radius 1 is 1.45 bits per heavy atom. The van der Waals surface area contributed by atoms with Crippen molar-refractivity contribution < 1.29 is 9.53 Å². The van der Waals surface area contributed by atoms with Gasteiger partial charge < -0.3 is 10.1 Å². The summed E-state index contributed by atoms with van der Waals surface area (Å²) >= 11 is 0. The summed E-state index contributed by atoms with van der Waals surface area (Å²) in [6.07, 6.45) is 1.39. The Kier molecular flexibility index (Phi) is 4.47. The zero-order valence-corrected chi connectivity index (χ0v) is 11.5. The molecule has 1 aromatic carbocycles. The highest BCUT2D eigenvalue weighted by Gasteiger charge is 2.10. The fourth-order valence-electron chi connectivity index (χ4n) is 1.99. The number of aromatic nitrogens is 2. The van der Waals surface area contributed by atoms with Gasteiger partial charge in [0.15, 0.2) is 0 Å². The standard InChI is InChI=1S/C14H17N3O3/c1-10(8-20-2)16-13(18)7-17-9-15-12-6-4-3-5-11(12)14(17)19/h3-6,9-10H,7-8H2,1-2H3,(H,16,18). The monoisotopic (exact) mass is 275 g/mol. The molecule has 1 aromatic heterocycles. The number of hydrogen-bond acceptors (Lipinski definition) is 4. The van der Waals surface area contributed by atoms with Gasteiger partial charge in [-0.25, -0.2) is 4.98 Å². The summed E-state index contributed by atoms with van der Waals surface area (Å²) in [5.74, 6) is -0.242. The van der Waals surface area contributed by atoms with Crippen LogP contribution in [0.4, 0.5) is 0 Å². The van der Waals surface area contributed by atoms with Crippen molar-refractivity contribution in [3.8, 4) is 0 Å². The Morgan fingerprint density at radius 3 is 2.95 bits per heavy atom. The van der Waals surface area contributed by atoms with Gasteiger partial charge in [-0.15, -0.1) is 0 Å². The lowest BCUT2D eigenvalue weighted by Crippen LogP contribution is -2.39. The van der Waals surface area contributed by atoms with Crippen LogP contribution in [-0.2, 0) is 16.1 Å². The van der Waals surface area contributed by atoms with E-state index in [-0.39, 0.29) is 24.1 Å². The smallest absolute Gasteiger partial charge is 0.261 e. The number of hydrogen-bond donors (Lipinski definition) is 1. The molecule has 1 unspecified atom stereocenters. The third-order valence-electron chi connectivity index (χ3n) is 2.87. The first kappa shape index (κ1) is 14.2. The Morgan fingerprint density at radius 2 is 2.20 bits per heavy atom. The minimum atomic E-state index is -0.242. The Balaban J connectivity index is 2.16. The highest BCUT2D eigenvalue weighted by atomic mass is 16.5. The van der Waals surface area contributed by atoms with Crippen molar-refractivity contribution >= 4 is 16.8 Å². The van der Waals surface area contributed by atoms with Gasteiger partial charge >= 0.3 is 0 Å². The predicted molar refractivity (Wildman–Crippen MR) is 75.5 cm³/mol. The second kappa shape index (κ2) is 6.29. The number of carbonyl (C=O) groups is 1. The van der Waals surface area contributed by atoms with Crippen molar-refractivity contribution in [1.29, 1.82) is 0 Å². The van der Waals surface area contributed by atoms with Crippen molar-refractivity contribution in [1.82, 2.24) is 14.9 Å². The van der Waals surface area contributed by atoms with Gasteiger partial charge in [-0.05, 0) is 19.1 Å². The highest BCUT2D eigenvalue weighted by Crippen LogP contribution is 2.04. The SMILES string of the molecule is COCC(C)NC(=O)Cn1cnc2ccccc2c1=O. The van der Waals surface area contributed by atoms with Gasteiger partial charge in [0.25, 0.3) is 5.56 Å². The number of para-hydroxylation sites is 1. The van der Waals surface area contributed by atoms with Gasteiger partial charge in [0, 0.05) is 13.2 Å². The normalized spacial score (nSPS) is 12.3. The fraction of sp³-hybridized carbons (Fsp3) is 0.357. The highest BCUT2D eigenvalue weighted by molar-refractivity contribution is 5.78. The van der Waals surface area contributed by atoms with E-state index in [4.69, 9.17) is 4.74 Å². The summed E-state index contributed by atoms with van der Waals surface area (Å²) in [6.45, 7) is 2.21. The second-order valence-corrected chi connectivity index (χ2v) is 4.62. The first-order valence-corrected chi connectivity index (χ1v) is 6.34. The second-order valence-electron chi connectivity index (χ2n) is 4.62. The van der Waals surface area contributed by atoms with Crippen LogP contribution in [-0.4, -0.2) is 35.2 Å². The van der Waals surface area contributed by atoms with Crippen LogP contribution >= 0.6 is 0 Å². The molecule has 0 aliphatic rings. The van der Waals surface area contributed by atoms with Crippen LogP contribution in [0, 0.1) is 0 Å². The molecule has 1 atom stereocenters. The average Bonchev–Trinajstić information content (AvgIpc) is 2.42. The van der Waals surface area contributed by atoms with Crippen LogP contribution in [0.3, 0.4) is 0 Å². The zero-order valence-electron chi connectivity index (χ0n) is 11.5. The van der Waals surface area contributed by atoms with Crippen molar-refractivity contribution in [2.45, 2.75) is 19.5 Å². The quantitative estimate of drug-likeness (QED) is 0.864. The zero-order chi connectivity index (χ0) is 14.5. The molecule has 0 fully saturated rings.